The summed E-state index contributed by atoms with van der Waals surface area (Å²) >= 11 is 1.79. The van der Waals surface area contributed by atoms with Crippen molar-refractivity contribution in [2.45, 2.75) is 19.1 Å². The van der Waals surface area contributed by atoms with Gasteiger partial charge in [-0.2, -0.15) is 0 Å². The summed E-state index contributed by atoms with van der Waals surface area (Å²) in [6.45, 7) is 4.33. The molecule has 0 aliphatic rings. The van der Waals surface area contributed by atoms with Crippen LogP contribution in [0.15, 0.2) is 17.8 Å². The first kappa shape index (κ1) is 8.40. The standard InChI is InChI=1S/C8H12N2S/c1-7(2)11-6-3-8-9-4-5-10-8/h3-7H,1-2H3,(H,9,10)/b6-3+. The lowest BCUT2D eigenvalue weighted by Crippen LogP contribution is -1.80. The van der Waals surface area contributed by atoms with E-state index in [2.05, 4.69) is 29.2 Å². The minimum Gasteiger partial charge on any atom is -0.345 e. The molecule has 0 aliphatic heterocycles. The maximum atomic E-state index is 4.06. The molecule has 1 N–H and O–H groups in total. The van der Waals surface area contributed by atoms with Gasteiger partial charge in [-0.1, -0.05) is 13.8 Å². The van der Waals surface area contributed by atoms with E-state index in [1.807, 2.05) is 12.3 Å². The van der Waals surface area contributed by atoms with Gasteiger partial charge < -0.3 is 4.98 Å². The van der Waals surface area contributed by atoms with Gasteiger partial charge in [0, 0.05) is 17.6 Å². The number of rotatable bonds is 3. The molecule has 3 heteroatoms. The first-order chi connectivity index (χ1) is 5.29. The Kier molecular flexibility index (Phi) is 3.23. The summed E-state index contributed by atoms with van der Waals surface area (Å²) in [5, 5.41) is 2.70. The van der Waals surface area contributed by atoms with Crippen LogP contribution in [0.5, 0.6) is 0 Å². The number of hydrogen-bond acceptors (Lipinski definition) is 2. The number of nitrogens with one attached hydrogen (secondary N) is 1. The van der Waals surface area contributed by atoms with Crippen LogP contribution >= 0.6 is 11.8 Å². The minimum absolute atomic E-state index is 0.640. The summed E-state index contributed by atoms with van der Waals surface area (Å²) < 4.78 is 0. The van der Waals surface area contributed by atoms with E-state index < -0.39 is 0 Å². The van der Waals surface area contributed by atoms with E-state index in [0.717, 1.165) is 5.82 Å². The van der Waals surface area contributed by atoms with Crippen LogP contribution in [0.4, 0.5) is 0 Å². The first-order valence-corrected chi connectivity index (χ1v) is 4.54. The predicted molar refractivity (Wildman–Crippen MR) is 50.3 cm³/mol. The molecular weight excluding hydrogens is 156 g/mol. The predicted octanol–water partition coefficient (Wildman–Crippen LogP) is 2.52. The summed E-state index contributed by atoms with van der Waals surface area (Å²) in [5.41, 5.74) is 0. The van der Waals surface area contributed by atoms with Crippen molar-refractivity contribution in [3.8, 4) is 0 Å². The van der Waals surface area contributed by atoms with E-state index in [-0.39, 0.29) is 0 Å². The number of aromatic amines is 1. The Bertz CT molecular complexity index is 214. The third-order valence-corrected chi connectivity index (χ3v) is 1.93. The van der Waals surface area contributed by atoms with Crippen molar-refractivity contribution < 1.29 is 0 Å². The molecule has 0 fully saturated rings. The van der Waals surface area contributed by atoms with Gasteiger partial charge in [0.05, 0.1) is 0 Å². The second kappa shape index (κ2) is 4.23. The van der Waals surface area contributed by atoms with Gasteiger partial charge in [0.15, 0.2) is 0 Å². The van der Waals surface area contributed by atoms with Gasteiger partial charge >= 0.3 is 0 Å². The van der Waals surface area contributed by atoms with Crippen LogP contribution in [0.1, 0.15) is 19.7 Å². The molecule has 0 atom stereocenters. The zero-order valence-corrected chi connectivity index (χ0v) is 7.56. The van der Waals surface area contributed by atoms with E-state index in [9.17, 15) is 0 Å². The topological polar surface area (TPSA) is 28.7 Å². The molecule has 11 heavy (non-hydrogen) atoms. The maximum Gasteiger partial charge on any atom is 0.130 e. The normalized spacial score (nSPS) is 11.5. The number of aromatic nitrogens is 2. The molecule has 2 nitrogen and oxygen atoms in total. The van der Waals surface area contributed by atoms with Crippen LogP contribution in [-0.2, 0) is 0 Å². The highest BCUT2D eigenvalue weighted by atomic mass is 32.2. The fraction of sp³-hybridized carbons (Fsp3) is 0.375. The van der Waals surface area contributed by atoms with Crippen LogP contribution in [0, 0.1) is 0 Å². The average Bonchev–Trinajstić information content (AvgIpc) is 2.39. The zero-order valence-electron chi connectivity index (χ0n) is 6.74. The molecule has 1 aromatic rings. The SMILES string of the molecule is CC(C)S/C=C/c1ncc[nH]1. The summed E-state index contributed by atoms with van der Waals surface area (Å²) in [7, 11) is 0. The Morgan fingerprint density at radius 3 is 3.00 bits per heavy atom. The maximum absolute atomic E-state index is 4.06. The molecule has 0 saturated carbocycles. The number of H-pyrrole nitrogens is 1. The number of imidazole rings is 1. The summed E-state index contributed by atoms with van der Waals surface area (Å²) in [4.78, 5) is 7.06. The zero-order chi connectivity index (χ0) is 8.10. The second-order valence-corrected chi connectivity index (χ2v) is 3.95. The molecule has 0 saturated heterocycles. The highest BCUT2D eigenvalue weighted by molar-refractivity contribution is 8.02. The highest BCUT2D eigenvalue weighted by Gasteiger charge is 1.88. The van der Waals surface area contributed by atoms with Gasteiger partial charge in [0.2, 0.25) is 0 Å². The van der Waals surface area contributed by atoms with E-state index >= 15 is 0 Å². The summed E-state index contributed by atoms with van der Waals surface area (Å²) in [6, 6.07) is 0. The Labute approximate surface area is 71.1 Å². The van der Waals surface area contributed by atoms with Crippen molar-refractivity contribution in [3.05, 3.63) is 23.6 Å². The minimum atomic E-state index is 0.640. The van der Waals surface area contributed by atoms with Crippen molar-refractivity contribution in [3.63, 3.8) is 0 Å². The van der Waals surface area contributed by atoms with Crippen LogP contribution in [0.25, 0.3) is 6.08 Å². The molecule has 0 unspecified atom stereocenters. The largest absolute Gasteiger partial charge is 0.345 e. The lowest BCUT2D eigenvalue weighted by atomic mass is 10.6. The van der Waals surface area contributed by atoms with Crippen LogP contribution in [0.3, 0.4) is 0 Å². The third kappa shape index (κ3) is 3.28. The van der Waals surface area contributed by atoms with Gasteiger partial charge in [-0.15, -0.1) is 11.8 Å². The van der Waals surface area contributed by atoms with Crippen LogP contribution in [-0.4, -0.2) is 15.2 Å². The molecule has 0 spiro atoms. The summed E-state index contributed by atoms with van der Waals surface area (Å²) in [6.07, 6.45) is 5.55. The van der Waals surface area contributed by atoms with Gasteiger partial charge in [0.1, 0.15) is 5.82 Å². The average molecular weight is 168 g/mol. The molecule has 0 amide bonds. The lowest BCUT2D eigenvalue weighted by molar-refractivity contribution is 1.12. The Morgan fingerprint density at radius 1 is 1.64 bits per heavy atom. The van der Waals surface area contributed by atoms with Crippen molar-refractivity contribution in [2.24, 2.45) is 0 Å². The van der Waals surface area contributed by atoms with Gasteiger partial charge in [-0.25, -0.2) is 4.98 Å². The molecular formula is C8H12N2S. The molecule has 0 radical (unpaired) electrons. The highest BCUT2D eigenvalue weighted by Crippen LogP contribution is 2.11. The fourth-order valence-corrected chi connectivity index (χ4v) is 1.15. The van der Waals surface area contributed by atoms with Gasteiger partial charge in [0.25, 0.3) is 0 Å². The monoisotopic (exact) mass is 168 g/mol. The van der Waals surface area contributed by atoms with Gasteiger partial charge in [-0.3, -0.25) is 0 Å². The quantitative estimate of drug-likeness (QED) is 0.751. The molecule has 1 heterocycles. The molecule has 1 aromatic heterocycles. The van der Waals surface area contributed by atoms with E-state index in [4.69, 9.17) is 0 Å². The second-order valence-electron chi connectivity index (χ2n) is 2.46. The number of nitrogens with zero attached hydrogens (tertiary/aromatic N) is 1. The van der Waals surface area contributed by atoms with Crippen molar-refractivity contribution in [2.75, 3.05) is 0 Å². The Hall–Kier alpha value is -0.700. The number of hydrogen-bond donors (Lipinski definition) is 1. The van der Waals surface area contributed by atoms with E-state index in [1.165, 1.54) is 0 Å². The van der Waals surface area contributed by atoms with E-state index in [1.54, 1.807) is 18.0 Å². The fourth-order valence-electron chi connectivity index (χ4n) is 0.629. The van der Waals surface area contributed by atoms with Crippen molar-refractivity contribution >= 4 is 17.8 Å². The van der Waals surface area contributed by atoms with Gasteiger partial charge in [-0.05, 0) is 11.5 Å². The van der Waals surface area contributed by atoms with E-state index in [0.29, 0.717) is 5.25 Å². The molecule has 0 aromatic carbocycles. The lowest BCUT2D eigenvalue weighted by Gasteiger charge is -1.94. The molecule has 0 bridgehead atoms. The first-order valence-electron chi connectivity index (χ1n) is 3.60. The smallest absolute Gasteiger partial charge is 0.130 e. The Balaban J connectivity index is 2.37. The van der Waals surface area contributed by atoms with Crippen molar-refractivity contribution in [1.29, 1.82) is 0 Å². The molecule has 60 valence electrons. The van der Waals surface area contributed by atoms with Crippen LogP contribution < -0.4 is 0 Å². The summed E-state index contributed by atoms with van der Waals surface area (Å²) in [5.74, 6) is 0.915. The van der Waals surface area contributed by atoms with Crippen LogP contribution in [0.2, 0.25) is 0 Å². The Morgan fingerprint density at radius 2 is 2.45 bits per heavy atom. The molecule has 1 rings (SSSR count). The molecule has 0 aliphatic carbocycles. The number of thioether (sulfide) groups is 1. The van der Waals surface area contributed by atoms with Crippen molar-refractivity contribution in [1.82, 2.24) is 9.97 Å². The third-order valence-electron chi connectivity index (χ3n) is 1.10.